The molecule has 84 valence electrons. The second-order valence-electron chi connectivity index (χ2n) is 5.36. The number of carbonyl (C=O) groups is 1. The van der Waals surface area contributed by atoms with Crippen molar-refractivity contribution in [3.63, 3.8) is 0 Å². The van der Waals surface area contributed by atoms with Crippen LogP contribution in [0.1, 0.15) is 32.1 Å². The smallest absolute Gasteiger partial charge is 0.226 e. The van der Waals surface area contributed by atoms with Crippen LogP contribution < -0.4 is 0 Å². The van der Waals surface area contributed by atoms with Crippen LogP contribution in [0, 0.1) is 17.8 Å². The second-order valence-corrected chi connectivity index (χ2v) is 5.36. The van der Waals surface area contributed by atoms with E-state index in [1.54, 1.807) is 0 Å². The Morgan fingerprint density at radius 2 is 1.80 bits per heavy atom. The summed E-state index contributed by atoms with van der Waals surface area (Å²) in [4.78, 5) is 14.0. The van der Waals surface area contributed by atoms with Crippen molar-refractivity contribution in [3.8, 4) is 0 Å². The standard InChI is InChI=1S/C12H19NO2/c14-8-5-6-13(7-8)12(15)11-9-3-1-2-4-10(9)11/h8-11,14H,1-7H2. The maximum Gasteiger partial charge on any atom is 0.226 e. The van der Waals surface area contributed by atoms with E-state index >= 15 is 0 Å². The van der Waals surface area contributed by atoms with E-state index in [-0.39, 0.29) is 6.10 Å². The predicted molar refractivity (Wildman–Crippen MR) is 56.1 cm³/mol. The van der Waals surface area contributed by atoms with Gasteiger partial charge in [0.2, 0.25) is 5.91 Å². The van der Waals surface area contributed by atoms with E-state index in [1.807, 2.05) is 4.90 Å². The fraction of sp³-hybridized carbons (Fsp3) is 0.917. The van der Waals surface area contributed by atoms with E-state index in [2.05, 4.69) is 0 Å². The maximum absolute atomic E-state index is 12.1. The van der Waals surface area contributed by atoms with Crippen molar-refractivity contribution in [1.29, 1.82) is 0 Å². The lowest BCUT2D eigenvalue weighted by Crippen LogP contribution is -2.31. The lowest BCUT2D eigenvalue weighted by Gasteiger charge is -2.15. The second kappa shape index (κ2) is 3.48. The number of rotatable bonds is 1. The highest BCUT2D eigenvalue weighted by Crippen LogP contribution is 2.56. The van der Waals surface area contributed by atoms with Crippen molar-refractivity contribution in [1.82, 2.24) is 4.90 Å². The van der Waals surface area contributed by atoms with Crippen LogP contribution in [0.5, 0.6) is 0 Å². The van der Waals surface area contributed by atoms with Crippen molar-refractivity contribution < 1.29 is 9.90 Å². The number of carbonyl (C=O) groups excluding carboxylic acids is 1. The number of nitrogens with zero attached hydrogens (tertiary/aromatic N) is 1. The van der Waals surface area contributed by atoms with E-state index in [0.717, 1.165) is 13.0 Å². The number of hydrogen-bond donors (Lipinski definition) is 1. The van der Waals surface area contributed by atoms with Crippen LogP contribution >= 0.6 is 0 Å². The van der Waals surface area contributed by atoms with E-state index < -0.39 is 0 Å². The summed E-state index contributed by atoms with van der Waals surface area (Å²) in [6, 6.07) is 0. The van der Waals surface area contributed by atoms with Gasteiger partial charge >= 0.3 is 0 Å². The summed E-state index contributed by atoms with van der Waals surface area (Å²) in [6.07, 6.45) is 5.65. The van der Waals surface area contributed by atoms with Gasteiger partial charge in [-0.1, -0.05) is 12.8 Å². The Kier molecular flexibility index (Phi) is 2.23. The van der Waals surface area contributed by atoms with Crippen LogP contribution in [0.25, 0.3) is 0 Å². The number of aliphatic hydroxyl groups is 1. The molecule has 1 amide bonds. The van der Waals surface area contributed by atoms with Crippen molar-refractivity contribution >= 4 is 5.91 Å². The van der Waals surface area contributed by atoms with Crippen LogP contribution in [0.4, 0.5) is 0 Å². The predicted octanol–water partition coefficient (Wildman–Crippen LogP) is 1.02. The van der Waals surface area contributed by atoms with Gasteiger partial charge in [-0.25, -0.2) is 0 Å². The van der Waals surface area contributed by atoms with Gasteiger partial charge in [-0.3, -0.25) is 4.79 Å². The molecule has 2 saturated carbocycles. The summed E-state index contributed by atoms with van der Waals surface area (Å²) in [6.45, 7) is 1.35. The van der Waals surface area contributed by atoms with Crippen LogP contribution in [-0.4, -0.2) is 35.1 Å². The molecule has 0 spiro atoms. The Morgan fingerprint density at radius 1 is 1.13 bits per heavy atom. The molecule has 2 aliphatic carbocycles. The molecule has 1 saturated heterocycles. The first-order valence-corrected chi connectivity index (χ1v) is 6.24. The summed E-state index contributed by atoms with van der Waals surface area (Å²) < 4.78 is 0. The van der Waals surface area contributed by atoms with Crippen LogP contribution in [0.15, 0.2) is 0 Å². The molecular formula is C12H19NO2. The van der Waals surface area contributed by atoms with Gasteiger partial charge in [-0.05, 0) is 31.1 Å². The molecule has 3 fully saturated rings. The first-order valence-electron chi connectivity index (χ1n) is 6.24. The minimum Gasteiger partial charge on any atom is -0.391 e. The first kappa shape index (κ1) is 9.64. The molecule has 1 heterocycles. The van der Waals surface area contributed by atoms with Crippen LogP contribution in [0.2, 0.25) is 0 Å². The van der Waals surface area contributed by atoms with E-state index in [9.17, 15) is 9.90 Å². The van der Waals surface area contributed by atoms with Crippen molar-refractivity contribution in [2.45, 2.75) is 38.2 Å². The average Bonchev–Trinajstić information content (AvgIpc) is 2.82. The molecule has 1 N–H and O–H groups in total. The number of hydrogen-bond acceptors (Lipinski definition) is 2. The van der Waals surface area contributed by atoms with Gasteiger partial charge in [0.05, 0.1) is 6.10 Å². The molecule has 3 aliphatic rings. The molecule has 0 aromatic rings. The Morgan fingerprint density at radius 3 is 2.33 bits per heavy atom. The Balaban J connectivity index is 1.61. The third-order valence-electron chi connectivity index (χ3n) is 4.42. The molecule has 0 aromatic heterocycles. The topological polar surface area (TPSA) is 40.5 Å². The van der Waals surface area contributed by atoms with Crippen LogP contribution in [-0.2, 0) is 4.79 Å². The van der Waals surface area contributed by atoms with Gasteiger partial charge in [0.25, 0.3) is 0 Å². The summed E-state index contributed by atoms with van der Waals surface area (Å²) >= 11 is 0. The lowest BCUT2D eigenvalue weighted by atomic mass is 10.0. The summed E-state index contributed by atoms with van der Waals surface area (Å²) in [5, 5.41) is 9.42. The lowest BCUT2D eigenvalue weighted by molar-refractivity contribution is -0.132. The van der Waals surface area contributed by atoms with Gasteiger partial charge in [-0.2, -0.15) is 0 Å². The Hall–Kier alpha value is -0.570. The largest absolute Gasteiger partial charge is 0.391 e. The molecule has 0 aromatic carbocycles. The quantitative estimate of drug-likeness (QED) is 0.700. The summed E-state index contributed by atoms with van der Waals surface area (Å²) in [7, 11) is 0. The maximum atomic E-state index is 12.1. The van der Waals surface area contributed by atoms with Crippen molar-refractivity contribution in [3.05, 3.63) is 0 Å². The van der Waals surface area contributed by atoms with Gasteiger partial charge in [0, 0.05) is 19.0 Å². The minimum atomic E-state index is -0.269. The highest BCUT2D eigenvalue weighted by molar-refractivity contribution is 5.82. The zero-order valence-corrected chi connectivity index (χ0v) is 9.06. The fourth-order valence-corrected chi connectivity index (χ4v) is 3.51. The zero-order chi connectivity index (χ0) is 10.4. The molecule has 3 unspecified atom stereocenters. The van der Waals surface area contributed by atoms with Crippen LogP contribution in [0.3, 0.4) is 0 Å². The molecule has 3 nitrogen and oxygen atoms in total. The highest BCUT2D eigenvalue weighted by atomic mass is 16.3. The fourth-order valence-electron chi connectivity index (χ4n) is 3.51. The SMILES string of the molecule is O=C(C1C2CCCCC21)N1CCC(O)C1. The molecule has 3 rings (SSSR count). The number of likely N-dealkylation sites (tertiary alicyclic amines) is 1. The van der Waals surface area contributed by atoms with E-state index in [4.69, 9.17) is 0 Å². The van der Waals surface area contributed by atoms with Crippen molar-refractivity contribution in [2.75, 3.05) is 13.1 Å². The average molecular weight is 209 g/mol. The molecule has 0 radical (unpaired) electrons. The number of amides is 1. The van der Waals surface area contributed by atoms with E-state index in [0.29, 0.717) is 30.2 Å². The molecule has 3 atom stereocenters. The molecule has 15 heavy (non-hydrogen) atoms. The summed E-state index contributed by atoms with van der Waals surface area (Å²) in [5.41, 5.74) is 0. The Labute approximate surface area is 90.5 Å². The molecule has 3 heteroatoms. The highest BCUT2D eigenvalue weighted by Gasteiger charge is 2.56. The van der Waals surface area contributed by atoms with E-state index in [1.165, 1.54) is 25.7 Å². The third-order valence-corrected chi connectivity index (χ3v) is 4.42. The van der Waals surface area contributed by atoms with Crippen molar-refractivity contribution in [2.24, 2.45) is 17.8 Å². The number of β-amino-alcohol motifs (C(OH)–C–C–N with tert-alkyl or cyclic N) is 1. The Bertz CT molecular complexity index is 267. The number of aliphatic hydroxyl groups excluding tert-OH is 1. The zero-order valence-electron chi connectivity index (χ0n) is 9.06. The first-order chi connectivity index (χ1) is 7.27. The van der Waals surface area contributed by atoms with Gasteiger partial charge < -0.3 is 10.0 Å². The minimum absolute atomic E-state index is 0.269. The van der Waals surface area contributed by atoms with Gasteiger partial charge in [0.1, 0.15) is 0 Å². The molecule has 1 aliphatic heterocycles. The summed E-state index contributed by atoms with van der Waals surface area (Å²) in [5.74, 6) is 2.06. The monoisotopic (exact) mass is 209 g/mol. The molecule has 0 bridgehead atoms. The number of fused-ring (bicyclic) bond motifs is 1. The molecular weight excluding hydrogens is 190 g/mol. The van der Waals surface area contributed by atoms with Gasteiger partial charge in [0.15, 0.2) is 0 Å². The third kappa shape index (κ3) is 1.57. The van der Waals surface area contributed by atoms with Gasteiger partial charge in [-0.15, -0.1) is 0 Å². The normalized spacial score (nSPS) is 43.9.